The molecule has 0 saturated heterocycles. The summed E-state index contributed by atoms with van der Waals surface area (Å²) in [5.74, 6) is -1.85. The summed E-state index contributed by atoms with van der Waals surface area (Å²) >= 11 is 0. The Labute approximate surface area is 97.1 Å². The summed E-state index contributed by atoms with van der Waals surface area (Å²) in [7, 11) is 0. The molecular formula is C11H12F2N4. The smallest absolute Gasteiger partial charge is 0.161 e. The Hall–Kier alpha value is -2.11. The molecule has 6 heteroatoms. The SMILES string of the molecule is Nc1cc(F)c(F)cc1NCCn1ccnc1. The summed E-state index contributed by atoms with van der Waals surface area (Å²) in [6.07, 6.45) is 5.17. The van der Waals surface area contributed by atoms with E-state index >= 15 is 0 Å². The topological polar surface area (TPSA) is 55.9 Å². The fraction of sp³-hybridized carbons (Fsp3) is 0.182. The van der Waals surface area contributed by atoms with Gasteiger partial charge in [0.15, 0.2) is 11.6 Å². The quantitative estimate of drug-likeness (QED) is 0.799. The minimum atomic E-state index is -0.942. The highest BCUT2D eigenvalue weighted by Crippen LogP contribution is 2.21. The van der Waals surface area contributed by atoms with Gasteiger partial charge < -0.3 is 15.6 Å². The van der Waals surface area contributed by atoms with Crippen LogP contribution < -0.4 is 11.1 Å². The number of benzene rings is 1. The van der Waals surface area contributed by atoms with Crippen molar-refractivity contribution in [3.8, 4) is 0 Å². The van der Waals surface area contributed by atoms with Crippen molar-refractivity contribution in [1.29, 1.82) is 0 Å². The molecule has 0 aliphatic rings. The Morgan fingerprint density at radius 3 is 2.76 bits per heavy atom. The van der Waals surface area contributed by atoms with Crippen LogP contribution in [0.2, 0.25) is 0 Å². The predicted octanol–water partition coefficient (Wildman–Crippen LogP) is 1.86. The average Bonchev–Trinajstić information content (AvgIpc) is 2.78. The standard InChI is InChI=1S/C11H12F2N4/c12-8-5-10(14)11(6-9(8)13)16-2-4-17-3-1-15-7-17/h1,3,5-7,16H,2,4,14H2. The molecule has 4 nitrogen and oxygen atoms in total. The first kappa shape index (κ1) is 11.4. The van der Waals surface area contributed by atoms with Gasteiger partial charge in [-0.25, -0.2) is 13.8 Å². The van der Waals surface area contributed by atoms with E-state index in [4.69, 9.17) is 5.73 Å². The number of hydrogen-bond acceptors (Lipinski definition) is 3. The normalized spacial score (nSPS) is 10.5. The Bertz CT molecular complexity index is 496. The van der Waals surface area contributed by atoms with Crippen molar-refractivity contribution in [2.24, 2.45) is 0 Å². The van der Waals surface area contributed by atoms with Crippen LogP contribution in [-0.2, 0) is 6.54 Å². The summed E-state index contributed by atoms with van der Waals surface area (Å²) < 4.78 is 27.6. The van der Waals surface area contributed by atoms with E-state index in [1.54, 1.807) is 12.5 Å². The molecular weight excluding hydrogens is 226 g/mol. The van der Waals surface area contributed by atoms with E-state index in [2.05, 4.69) is 10.3 Å². The van der Waals surface area contributed by atoms with Crippen molar-refractivity contribution in [2.45, 2.75) is 6.54 Å². The van der Waals surface area contributed by atoms with Gasteiger partial charge in [-0.05, 0) is 0 Å². The van der Waals surface area contributed by atoms with Gasteiger partial charge in [-0.3, -0.25) is 0 Å². The lowest BCUT2D eigenvalue weighted by Gasteiger charge is -2.10. The molecule has 0 radical (unpaired) electrons. The molecule has 90 valence electrons. The monoisotopic (exact) mass is 238 g/mol. The van der Waals surface area contributed by atoms with Gasteiger partial charge in [0.05, 0.1) is 17.7 Å². The number of nitrogens with zero attached hydrogens (tertiary/aromatic N) is 2. The number of nitrogen functional groups attached to an aromatic ring is 1. The number of anilines is 2. The zero-order valence-electron chi connectivity index (χ0n) is 9.03. The minimum Gasteiger partial charge on any atom is -0.397 e. The highest BCUT2D eigenvalue weighted by Gasteiger charge is 2.06. The Morgan fingerprint density at radius 1 is 1.29 bits per heavy atom. The maximum absolute atomic E-state index is 13.0. The molecule has 0 spiro atoms. The van der Waals surface area contributed by atoms with E-state index in [1.165, 1.54) is 0 Å². The van der Waals surface area contributed by atoms with Crippen LogP contribution in [0.3, 0.4) is 0 Å². The van der Waals surface area contributed by atoms with Crippen molar-refractivity contribution >= 4 is 11.4 Å². The van der Waals surface area contributed by atoms with Gasteiger partial charge in [-0.2, -0.15) is 0 Å². The van der Waals surface area contributed by atoms with Crippen LogP contribution in [0.1, 0.15) is 0 Å². The Kier molecular flexibility index (Phi) is 3.22. The van der Waals surface area contributed by atoms with Gasteiger partial charge in [0.1, 0.15) is 0 Å². The average molecular weight is 238 g/mol. The first-order valence-corrected chi connectivity index (χ1v) is 5.11. The van der Waals surface area contributed by atoms with Gasteiger partial charge in [-0.1, -0.05) is 0 Å². The Morgan fingerprint density at radius 2 is 2.06 bits per heavy atom. The third-order valence-corrected chi connectivity index (χ3v) is 2.34. The number of rotatable bonds is 4. The summed E-state index contributed by atoms with van der Waals surface area (Å²) in [6.45, 7) is 1.21. The van der Waals surface area contributed by atoms with Gasteiger partial charge in [0, 0.05) is 37.6 Å². The van der Waals surface area contributed by atoms with E-state index in [0.29, 0.717) is 18.8 Å². The number of nitrogens with two attached hydrogens (primary N) is 1. The first-order chi connectivity index (χ1) is 8.16. The second-order valence-corrected chi connectivity index (χ2v) is 3.58. The molecule has 1 heterocycles. The molecule has 1 aromatic carbocycles. The third kappa shape index (κ3) is 2.72. The van der Waals surface area contributed by atoms with E-state index in [0.717, 1.165) is 12.1 Å². The van der Waals surface area contributed by atoms with Crippen LogP contribution in [0.4, 0.5) is 20.2 Å². The molecule has 2 rings (SSSR count). The molecule has 0 aliphatic carbocycles. The fourth-order valence-corrected chi connectivity index (χ4v) is 1.45. The first-order valence-electron chi connectivity index (χ1n) is 5.11. The molecule has 0 unspecified atom stereocenters. The van der Waals surface area contributed by atoms with Gasteiger partial charge >= 0.3 is 0 Å². The number of imidazole rings is 1. The van der Waals surface area contributed by atoms with Gasteiger partial charge in [0.2, 0.25) is 0 Å². The zero-order chi connectivity index (χ0) is 12.3. The molecule has 0 saturated carbocycles. The number of aromatic nitrogens is 2. The lowest BCUT2D eigenvalue weighted by Crippen LogP contribution is -2.11. The van der Waals surface area contributed by atoms with E-state index in [9.17, 15) is 8.78 Å². The van der Waals surface area contributed by atoms with Crippen molar-refractivity contribution < 1.29 is 8.78 Å². The molecule has 0 amide bonds. The van der Waals surface area contributed by atoms with Crippen molar-refractivity contribution in [3.05, 3.63) is 42.5 Å². The summed E-state index contributed by atoms with van der Waals surface area (Å²) in [4.78, 5) is 3.89. The second-order valence-electron chi connectivity index (χ2n) is 3.58. The summed E-state index contributed by atoms with van der Waals surface area (Å²) in [5, 5.41) is 2.94. The molecule has 0 aliphatic heterocycles. The van der Waals surface area contributed by atoms with Gasteiger partial charge in [-0.15, -0.1) is 0 Å². The molecule has 0 fully saturated rings. The third-order valence-electron chi connectivity index (χ3n) is 2.34. The molecule has 1 aromatic heterocycles. The molecule has 0 atom stereocenters. The lowest BCUT2D eigenvalue weighted by atomic mass is 10.2. The number of halogens is 2. The maximum atomic E-state index is 13.0. The van der Waals surface area contributed by atoms with Crippen molar-refractivity contribution in [1.82, 2.24) is 9.55 Å². The van der Waals surface area contributed by atoms with Crippen molar-refractivity contribution in [3.63, 3.8) is 0 Å². The number of nitrogens with one attached hydrogen (secondary N) is 1. The second kappa shape index (κ2) is 4.82. The van der Waals surface area contributed by atoms with Crippen molar-refractivity contribution in [2.75, 3.05) is 17.6 Å². The van der Waals surface area contributed by atoms with Crippen LogP contribution in [0.5, 0.6) is 0 Å². The van der Waals surface area contributed by atoms with Gasteiger partial charge in [0.25, 0.3) is 0 Å². The molecule has 2 aromatic rings. The minimum absolute atomic E-state index is 0.189. The number of hydrogen-bond donors (Lipinski definition) is 2. The van der Waals surface area contributed by atoms with Crippen LogP contribution in [-0.4, -0.2) is 16.1 Å². The Balaban J connectivity index is 1.97. The van der Waals surface area contributed by atoms with E-state index < -0.39 is 11.6 Å². The van der Waals surface area contributed by atoms with Crippen LogP contribution in [0.25, 0.3) is 0 Å². The summed E-state index contributed by atoms with van der Waals surface area (Å²) in [6, 6.07) is 2.02. The highest BCUT2D eigenvalue weighted by atomic mass is 19.2. The zero-order valence-corrected chi connectivity index (χ0v) is 9.03. The fourth-order valence-electron chi connectivity index (χ4n) is 1.45. The van der Waals surface area contributed by atoms with Crippen LogP contribution in [0, 0.1) is 11.6 Å². The van der Waals surface area contributed by atoms with Crippen LogP contribution in [0.15, 0.2) is 30.9 Å². The molecule has 0 bridgehead atoms. The van der Waals surface area contributed by atoms with E-state index in [-0.39, 0.29) is 5.69 Å². The maximum Gasteiger partial charge on any atom is 0.161 e. The highest BCUT2D eigenvalue weighted by molar-refractivity contribution is 5.66. The predicted molar refractivity (Wildman–Crippen MR) is 61.5 cm³/mol. The van der Waals surface area contributed by atoms with Crippen LogP contribution >= 0.6 is 0 Å². The largest absolute Gasteiger partial charge is 0.397 e. The molecule has 3 N–H and O–H groups in total. The lowest BCUT2D eigenvalue weighted by molar-refractivity contribution is 0.509. The van der Waals surface area contributed by atoms with E-state index in [1.807, 2.05) is 10.8 Å². The summed E-state index contributed by atoms with van der Waals surface area (Å²) in [5.41, 5.74) is 6.14. The molecule has 17 heavy (non-hydrogen) atoms.